The third kappa shape index (κ3) is 5.76. The molecule has 11 nitrogen and oxygen atoms in total. The Morgan fingerprint density at radius 2 is 2.00 bits per heavy atom. The number of benzene rings is 1. The van der Waals surface area contributed by atoms with Crippen molar-refractivity contribution >= 4 is 38.8 Å². The number of hydrogen-bond donors (Lipinski definition) is 3. The monoisotopic (exact) mass is 514 g/mol. The summed E-state index contributed by atoms with van der Waals surface area (Å²) < 4.78 is 32.1. The van der Waals surface area contributed by atoms with Crippen molar-refractivity contribution in [2.24, 2.45) is 5.92 Å². The van der Waals surface area contributed by atoms with Crippen LogP contribution in [-0.2, 0) is 19.4 Å². The number of ether oxygens (including phenoxy) is 1. The molecule has 1 saturated heterocycles. The standard InChI is InChI=1S/C24H30N6O5S/c1-15-6-5-7-17(12-15)36(33,34)22-21(26-18-8-10-25-20(18)27-22)29-28-19(31)13-16-9-11-30(14-16)23(32)35-24(2,3)4/h5-8,10,12,16H,9,11,13-14H2,1-4H3,(H,25,27)(H,26,29)(H,28,31)/t16-/m0/s1. The van der Waals surface area contributed by atoms with Gasteiger partial charge in [0, 0.05) is 25.7 Å². The lowest BCUT2D eigenvalue weighted by Crippen LogP contribution is -2.36. The number of nitrogens with one attached hydrogen (secondary N) is 3. The maximum absolute atomic E-state index is 13.4. The highest BCUT2D eigenvalue weighted by molar-refractivity contribution is 7.91. The summed E-state index contributed by atoms with van der Waals surface area (Å²) in [5.41, 5.74) is 6.14. The van der Waals surface area contributed by atoms with Gasteiger partial charge in [0.05, 0.1) is 4.90 Å². The van der Waals surface area contributed by atoms with E-state index in [1.807, 2.05) is 0 Å². The van der Waals surface area contributed by atoms with Gasteiger partial charge in [-0.3, -0.25) is 15.6 Å². The van der Waals surface area contributed by atoms with E-state index in [4.69, 9.17) is 4.74 Å². The molecule has 36 heavy (non-hydrogen) atoms. The average Bonchev–Trinajstić information content (AvgIpc) is 3.45. The molecule has 1 atom stereocenters. The van der Waals surface area contributed by atoms with Crippen molar-refractivity contribution in [2.75, 3.05) is 18.5 Å². The lowest BCUT2D eigenvalue weighted by molar-refractivity contribution is -0.121. The summed E-state index contributed by atoms with van der Waals surface area (Å²) in [5.74, 6) is -0.493. The predicted octanol–water partition coefficient (Wildman–Crippen LogP) is 3.19. The van der Waals surface area contributed by atoms with Crippen LogP contribution < -0.4 is 10.9 Å². The van der Waals surface area contributed by atoms with E-state index in [1.165, 1.54) is 6.07 Å². The van der Waals surface area contributed by atoms with Crippen molar-refractivity contribution in [1.82, 2.24) is 25.3 Å². The van der Waals surface area contributed by atoms with Gasteiger partial charge in [-0.25, -0.2) is 23.2 Å². The van der Waals surface area contributed by atoms with Gasteiger partial charge in [-0.2, -0.15) is 0 Å². The number of amides is 2. The highest BCUT2D eigenvalue weighted by Crippen LogP contribution is 2.27. The number of hydrogen-bond acceptors (Lipinski definition) is 8. The second kappa shape index (κ2) is 9.76. The summed E-state index contributed by atoms with van der Waals surface area (Å²) in [5, 5.41) is -0.305. The van der Waals surface area contributed by atoms with E-state index < -0.39 is 21.5 Å². The van der Waals surface area contributed by atoms with Crippen molar-refractivity contribution < 1.29 is 22.7 Å². The van der Waals surface area contributed by atoms with Gasteiger partial charge in [0.1, 0.15) is 11.1 Å². The van der Waals surface area contributed by atoms with Crippen molar-refractivity contribution in [1.29, 1.82) is 0 Å². The zero-order valence-electron chi connectivity index (χ0n) is 20.7. The summed E-state index contributed by atoms with van der Waals surface area (Å²) in [6.07, 6.45) is 2.01. The highest BCUT2D eigenvalue weighted by atomic mass is 32.2. The molecule has 3 aromatic rings. The molecule has 1 aromatic carbocycles. The van der Waals surface area contributed by atoms with Crippen LogP contribution in [-0.4, -0.2) is 59.0 Å². The minimum Gasteiger partial charge on any atom is -0.444 e. The van der Waals surface area contributed by atoms with Crippen molar-refractivity contribution in [2.45, 2.75) is 56.1 Å². The molecule has 0 radical (unpaired) electrons. The van der Waals surface area contributed by atoms with Crippen molar-refractivity contribution in [3.05, 3.63) is 42.1 Å². The van der Waals surface area contributed by atoms with Gasteiger partial charge >= 0.3 is 6.09 Å². The number of fused-ring (bicyclic) bond motifs is 1. The second-order valence-corrected chi connectivity index (χ2v) is 11.7. The van der Waals surface area contributed by atoms with Crippen LogP contribution in [0.1, 0.15) is 39.2 Å². The number of hydrazine groups is 1. The zero-order chi connectivity index (χ0) is 26.1. The van der Waals surface area contributed by atoms with Crippen LogP contribution in [0.25, 0.3) is 11.2 Å². The van der Waals surface area contributed by atoms with E-state index in [2.05, 4.69) is 25.8 Å². The molecule has 12 heteroatoms. The average molecular weight is 515 g/mol. The maximum atomic E-state index is 13.4. The molecule has 0 saturated carbocycles. The fourth-order valence-electron chi connectivity index (χ4n) is 3.95. The van der Waals surface area contributed by atoms with Crippen molar-refractivity contribution in [3.63, 3.8) is 0 Å². The Morgan fingerprint density at radius 1 is 1.22 bits per heavy atom. The number of aromatic amines is 1. The topological polar surface area (TPSA) is 146 Å². The predicted molar refractivity (Wildman–Crippen MR) is 133 cm³/mol. The number of nitrogens with zero attached hydrogens (tertiary/aromatic N) is 3. The van der Waals surface area contributed by atoms with Crippen LogP contribution >= 0.6 is 0 Å². The van der Waals surface area contributed by atoms with Gasteiger partial charge in [-0.1, -0.05) is 12.1 Å². The lowest BCUT2D eigenvalue weighted by atomic mass is 10.1. The van der Waals surface area contributed by atoms with Gasteiger partial charge in [0.15, 0.2) is 11.5 Å². The van der Waals surface area contributed by atoms with E-state index in [-0.39, 0.29) is 34.0 Å². The fraction of sp³-hybridized carbons (Fsp3) is 0.417. The molecule has 3 N–H and O–H groups in total. The normalized spacial score (nSPS) is 16.2. The Hall–Kier alpha value is -3.67. The summed E-state index contributed by atoms with van der Waals surface area (Å²) in [6, 6.07) is 8.14. The van der Waals surface area contributed by atoms with Crippen LogP contribution in [0.15, 0.2) is 46.5 Å². The molecule has 3 heterocycles. The molecule has 1 aliphatic heterocycles. The Labute approximate surface area is 209 Å². The summed E-state index contributed by atoms with van der Waals surface area (Å²) in [4.78, 5) is 38.1. The lowest BCUT2D eigenvalue weighted by Gasteiger charge is -2.24. The zero-order valence-corrected chi connectivity index (χ0v) is 21.5. The largest absolute Gasteiger partial charge is 0.444 e. The molecule has 1 aliphatic rings. The molecule has 0 unspecified atom stereocenters. The highest BCUT2D eigenvalue weighted by Gasteiger charge is 2.31. The molecular formula is C24H30N6O5S. The van der Waals surface area contributed by atoms with Crippen LogP contribution in [0.2, 0.25) is 0 Å². The number of aromatic nitrogens is 3. The molecular weight excluding hydrogens is 484 g/mol. The first-order valence-corrected chi connectivity index (χ1v) is 13.1. The number of H-pyrrole nitrogens is 1. The van der Waals surface area contributed by atoms with Gasteiger partial charge < -0.3 is 14.6 Å². The molecule has 2 amide bonds. The Balaban J connectivity index is 1.46. The molecule has 0 aliphatic carbocycles. The minimum atomic E-state index is -4.03. The molecule has 4 rings (SSSR count). The summed E-state index contributed by atoms with van der Waals surface area (Å²) in [7, 11) is -4.03. The van der Waals surface area contributed by atoms with Gasteiger partial charge in [-0.15, -0.1) is 0 Å². The number of anilines is 1. The number of aryl methyl sites for hydroxylation is 1. The number of carbonyl (C=O) groups is 2. The SMILES string of the molecule is Cc1cccc(S(=O)(=O)c2nc3[nH]ccc3nc2NNC(=O)C[C@@H]2CCN(C(=O)OC(C)(C)C)C2)c1. The smallest absolute Gasteiger partial charge is 0.410 e. The Kier molecular flexibility index (Phi) is 6.90. The first-order valence-electron chi connectivity index (χ1n) is 11.6. The molecule has 0 bridgehead atoms. The molecule has 2 aromatic heterocycles. The third-order valence-electron chi connectivity index (χ3n) is 5.64. The second-order valence-electron chi connectivity index (χ2n) is 9.87. The quantitative estimate of drug-likeness (QED) is 0.425. The van der Waals surface area contributed by atoms with E-state index in [1.54, 1.807) is 63.1 Å². The maximum Gasteiger partial charge on any atom is 0.410 e. The van der Waals surface area contributed by atoms with Crippen LogP contribution in [0, 0.1) is 12.8 Å². The number of likely N-dealkylation sites (tertiary alicyclic amines) is 1. The summed E-state index contributed by atoms with van der Waals surface area (Å²) >= 11 is 0. The number of carbonyl (C=O) groups excluding carboxylic acids is 2. The minimum absolute atomic E-state index is 0.0481. The van der Waals surface area contributed by atoms with Gasteiger partial charge in [-0.05, 0) is 63.8 Å². The van der Waals surface area contributed by atoms with E-state index in [9.17, 15) is 18.0 Å². The Bertz CT molecular complexity index is 1400. The van der Waals surface area contributed by atoms with Crippen LogP contribution in [0.5, 0.6) is 0 Å². The molecule has 0 spiro atoms. The first-order chi connectivity index (χ1) is 16.9. The third-order valence-corrected chi connectivity index (χ3v) is 7.31. The van der Waals surface area contributed by atoms with Gasteiger partial charge in [0.25, 0.3) is 0 Å². The van der Waals surface area contributed by atoms with E-state index >= 15 is 0 Å². The van der Waals surface area contributed by atoms with Crippen LogP contribution in [0.4, 0.5) is 10.6 Å². The van der Waals surface area contributed by atoms with Gasteiger partial charge in [0.2, 0.25) is 20.8 Å². The van der Waals surface area contributed by atoms with E-state index in [0.717, 1.165) is 5.56 Å². The number of rotatable bonds is 6. The Morgan fingerprint density at radius 3 is 2.72 bits per heavy atom. The summed E-state index contributed by atoms with van der Waals surface area (Å²) in [6.45, 7) is 8.13. The fourth-order valence-corrected chi connectivity index (χ4v) is 5.34. The van der Waals surface area contributed by atoms with E-state index in [0.29, 0.717) is 30.7 Å². The molecule has 1 fully saturated rings. The first kappa shape index (κ1) is 25.4. The van der Waals surface area contributed by atoms with Crippen LogP contribution in [0.3, 0.4) is 0 Å². The number of sulfone groups is 1. The van der Waals surface area contributed by atoms with Crippen molar-refractivity contribution in [3.8, 4) is 0 Å². The molecule has 192 valence electrons.